The molecule has 0 spiro atoms. The Morgan fingerprint density at radius 3 is 2.43 bits per heavy atom. The molecule has 0 atom stereocenters. The molecular formula is C25H27N3. The summed E-state index contributed by atoms with van der Waals surface area (Å²) in [6.07, 6.45) is 5.17. The van der Waals surface area contributed by atoms with E-state index in [1.54, 1.807) is 0 Å². The molecule has 0 saturated heterocycles. The Hall–Kier alpha value is -2.86. The number of hydrogen-bond acceptors (Lipinski definition) is 2. The molecule has 1 N–H and O–H groups in total. The maximum absolute atomic E-state index is 9.51. The van der Waals surface area contributed by atoms with Crippen LogP contribution < -0.4 is 0 Å². The molecule has 2 aromatic heterocycles. The van der Waals surface area contributed by atoms with Crippen LogP contribution >= 0.6 is 0 Å². The van der Waals surface area contributed by atoms with Crippen molar-refractivity contribution in [1.82, 2.24) is 9.97 Å². The Bertz CT molecular complexity index is 1210. The molecule has 0 radical (unpaired) electrons. The van der Waals surface area contributed by atoms with E-state index in [1.807, 2.05) is 20.0 Å². The van der Waals surface area contributed by atoms with E-state index in [-0.39, 0.29) is 5.41 Å². The molecular weight excluding hydrogens is 342 g/mol. The second kappa shape index (κ2) is 6.07. The Kier molecular flexibility index (Phi) is 4.01. The SMILES string of the molecule is Cc1nc2c(c(C)c1C#N)C=C(C(C)(C)c1c(C)c(C)c(C)c3[nH]ccc13)C2. The van der Waals surface area contributed by atoms with Gasteiger partial charge in [0.25, 0.3) is 0 Å². The van der Waals surface area contributed by atoms with E-state index in [0.717, 1.165) is 28.9 Å². The van der Waals surface area contributed by atoms with Crippen LogP contribution in [0.4, 0.5) is 0 Å². The smallest absolute Gasteiger partial charge is 0.101 e. The molecule has 28 heavy (non-hydrogen) atoms. The summed E-state index contributed by atoms with van der Waals surface area (Å²) in [4.78, 5) is 8.21. The van der Waals surface area contributed by atoms with Crippen molar-refractivity contribution >= 4 is 17.0 Å². The van der Waals surface area contributed by atoms with Crippen LogP contribution in [0.15, 0.2) is 17.8 Å². The molecule has 0 bridgehead atoms. The fourth-order valence-electron chi connectivity index (χ4n) is 4.95. The number of aromatic nitrogens is 2. The summed E-state index contributed by atoms with van der Waals surface area (Å²) in [7, 11) is 0. The van der Waals surface area contributed by atoms with Crippen LogP contribution in [-0.4, -0.2) is 9.97 Å². The Balaban J connectivity index is 1.93. The van der Waals surface area contributed by atoms with Crippen LogP contribution in [0.3, 0.4) is 0 Å². The number of allylic oxidation sites excluding steroid dienone is 1. The van der Waals surface area contributed by atoms with E-state index in [9.17, 15) is 5.26 Å². The van der Waals surface area contributed by atoms with Gasteiger partial charge in [-0.1, -0.05) is 25.5 Å². The molecule has 2 heterocycles. The quantitative estimate of drug-likeness (QED) is 0.612. The fourth-order valence-corrected chi connectivity index (χ4v) is 4.95. The van der Waals surface area contributed by atoms with Crippen molar-refractivity contribution in [2.75, 3.05) is 0 Å². The van der Waals surface area contributed by atoms with E-state index in [1.165, 1.54) is 38.7 Å². The highest BCUT2D eigenvalue weighted by Gasteiger charge is 2.34. The molecule has 0 unspecified atom stereocenters. The molecule has 0 amide bonds. The topological polar surface area (TPSA) is 52.5 Å². The predicted molar refractivity (Wildman–Crippen MR) is 116 cm³/mol. The first-order chi connectivity index (χ1) is 13.2. The third-order valence-corrected chi connectivity index (χ3v) is 6.86. The number of aromatic amines is 1. The normalized spacial score (nSPS) is 13.6. The summed E-state index contributed by atoms with van der Waals surface area (Å²) >= 11 is 0. The number of rotatable bonds is 2. The van der Waals surface area contributed by atoms with Crippen LogP contribution in [0.5, 0.6) is 0 Å². The molecule has 142 valence electrons. The van der Waals surface area contributed by atoms with Crippen molar-refractivity contribution < 1.29 is 0 Å². The third kappa shape index (κ3) is 2.37. The second-order valence-electron chi connectivity index (χ2n) is 8.66. The second-order valence-corrected chi connectivity index (χ2v) is 8.66. The molecule has 3 aromatic rings. The van der Waals surface area contributed by atoms with Gasteiger partial charge in [-0.2, -0.15) is 5.26 Å². The zero-order valence-corrected chi connectivity index (χ0v) is 17.8. The summed E-state index contributed by atoms with van der Waals surface area (Å²) in [5.41, 5.74) is 12.7. The summed E-state index contributed by atoms with van der Waals surface area (Å²) in [5.74, 6) is 0. The lowest BCUT2D eigenvalue weighted by Crippen LogP contribution is -2.23. The number of aryl methyl sites for hydroxylation is 2. The fraction of sp³-hybridized carbons (Fsp3) is 0.360. The number of pyridine rings is 1. The van der Waals surface area contributed by atoms with Crippen molar-refractivity contribution in [2.45, 2.75) is 60.3 Å². The van der Waals surface area contributed by atoms with Gasteiger partial charge in [0.15, 0.2) is 0 Å². The molecule has 3 heteroatoms. The van der Waals surface area contributed by atoms with Gasteiger partial charge in [-0.05, 0) is 68.5 Å². The Morgan fingerprint density at radius 1 is 1.04 bits per heavy atom. The average Bonchev–Trinajstić information content (AvgIpc) is 3.27. The number of nitrogens with zero attached hydrogens (tertiary/aromatic N) is 2. The molecule has 0 saturated carbocycles. The van der Waals surface area contributed by atoms with Crippen LogP contribution in [0, 0.1) is 45.9 Å². The zero-order chi connectivity index (χ0) is 20.4. The van der Waals surface area contributed by atoms with Crippen LogP contribution in [0.25, 0.3) is 17.0 Å². The minimum absolute atomic E-state index is 0.128. The van der Waals surface area contributed by atoms with E-state index < -0.39 is 0 Å². The maximum Gasteiger partial charge on any atom is 0.101 e. The van der Waals surface area contributed by atoms with Crippen LogP contribution in [-0.2, 0) is 11.8 Å². The lowest BCUT2D eigenvalue weighted by atomic mass is 9.72. The highest BCUT2D eigenvalue weighted by Crippen LogP contribution is 2.45. The highest BCUT2D eigenvalue weighted by atomic mass is 14.7. The first-order valence-corrected chi connectivity index (χ1v) is 9.87. The monoisotopic (exact) mass is 369 g/mol. The number of benzene rings is 1. The minimum atomic E-state index is -0.128. The largest absolute Gasteiger partial charge is 0.361 e. The lowest BCUT2D eigenvalue weighted by molar-refractivity contribution is 0.614. The molecule has 1 aromatic carbocycles. The first kappa shape index (κ1) is 18.5. The van der Waals surface area contributed by atoms with Gasteiger partial charge in [0.1, 0.15) is 6.07 Å². The van der Waals surface area contributed by atoms with Gasteiger partial charge in [0, 0.05) is 34.5 Å². The third-order valence-electron chi connectivity index (χ3n) is 6.86. The minimum Gasteiger partial charge on any atom is -0.361 e. The standard InChI is InChI=1S/C25H27N3/c1-13-14(2)23(19-8-9-27-24(19)15(13)3)25(6,7)18-10-20-16(4)21(12-26)17(5)28-22(20)11-18/h8-10,27H,11H2,1-7H3. The predicted octanol–water partition coefficient (Wildman–Crippen LogP) is 5.89. The lowest BCUT2D eigenvalue weighted by Gasteiger charge is -2.31. The Morgan fingerprint density at radius 2 is 1.75 bits per heavy atom. The van der Waals surface area contributed by atoms with Crippen molar-refractivity contribution in [3.63, 3.8) is 0 Å². The van der Waals surface area contributed by atoms with E-state index in [0.29, 0.717) is 5.56 Å². The van der Waals surface area contributed by atoms with Crippen molar-refractivity contribution in [1.29, 1.82) is 5.26 Å². The number of fused-ring (bicyclic) bond motifs is 2. The average molecular weight is 370 g/mol. The van der Waals surface area contributed by atoms with Crippen LogP contribution in [0.1, 0.15) is 64.2 Å². The molecule has 0 aliphatic heterocycles. The number of H-pyrrole nitrogens is 1. The van der Waals surface area contributed by atoms with Crippen molar-refractivity contribution in [2.24, 2.45) is 0 Å². The molecule has 1 aliphatic carbocycles. The van der Waals surface area contributed by atoms with Gasteiger partial charge < -0.3 is 4.98 Å². The van der Waals surface area contributed by atoms with Crippen molar-refractivity contribution in [3.8, 4) is 6.07 Å². The van der Waals surface area contributed by atoms with Crippen molar-refractivity contribution in [3.05, 3.63) is 68.2 Å². The van der Waals surface area contributed by atoms with Gasteiger partial charge in [0.2, 0.25) is 0 Å². The van der Waals surface area contributed by atoms with Gasteiger partial charge in [-0.15, -0.1) is 0 Å². The summed E-state index contributed by atoms with van der Waals surface area (Å²) < 4.78 is 0. The Labute approximate surface area is 167 Å². The molecule has 4 rings (SSSR count). The van der Waals surface area contributed by atoms with E-state index in [4.69, 9.17) is 4.98 Å². The van der Waals surface area contributed by atoms with Gasteiger partial charge in [0.05, 0.1) is 17.0 Å². The van der Waals surface area contributed by atoms with Gasteiger partial charge >= 0.3 is 0 Å². The van der Waals surface area contributed by atoms with Gasteiger partial charge in [-0.25, -0.2) is 0 Å². The van der Waals surface area contributed by atoms with E-state index >= 15 is 0 Å². The number of nitrogens with one attached hydrogen (secondary N) is 1. The molecule has 0 fully saturated rings. The number of hydrogen-bond donors (Lipinski definition) is 1. The highest BCUT2D eigenvalue weighted by molar-refractivity contribution is 5.90. The van der Waals surface area contributed by atoms with E-state index in [2.05, 4.69) is 57.8 Å². The number of nitriles is 1. The van der Waals surface area contributed by atoms with Crippen LogP contribution in [0.2, 0.25) is 0 Å². The summed E-state index contributed by atoms with van der Waals surface area (Å²) in [6, 6.07) is 4.53. The van der Waals surface area contributed by atoms with Gasteiger partial charge in [-0.3, -0.25) is 4.98 Å². The summed E-state index contributed by atoms with van der Waals surface area (Å²) in [5, 5.41) is 10.8. The summed E-state index contributed by atoms with van der Waals surface area (Å²) in [6.45, 7) is 15.3. The maximum atomic E-state index is 9.51. The first-order valence-electron chi connectivity index (χ1n) is 9.87. The molecule has 3 nitrogen and oxygen atoms in total. The molecule has 1 aliphatic rings. The zero-order valence-electron chi connectivity index (χ0n) is 17.8.